The normalized spacial score (nSPS) is 28.1. The van der Waals surface area contributed by atoms with Gasteiger partial charge in [0.15, 0.2) is 15.0 Å². The van der Waals surface area contributed by atoms with Crippen LogP contribution in [0.15, 0.2) is 29.3 Å². The third-order valence-electron chi connectivity index (χ3n) is 4.39. The van der Waals surface area contributed by atoms with E-state index in [1.807, 2.05) is 30.9 Å². The van der Waals surface area contributed by atoms with Crippen molar-refractivity contribution in [1.82, 2.24) is 0 Å². The van der Waals surface area contributed by atoms with Crippen molar-refractivity contribution in [3.63, 3.8) is 0 Å². The van der Waals surface area contributed by atoms with Crippen molar-refractivity contribution in [3.8, 4) is 0 Å². The van der Waals surface area contributed by atoms with Gasteiger partial charge < -0.3 is 4.90 Å². The van der Waals surface area contributed by atoms with Crippen LogP contribution in [-0.4, -0.2) is 42.3 Å². The number of amides is 1. The number of rotatable bonds is 3. The molecule has 0 bridgehead atoms. The first-order valence-electron chi connectivity index (χ1n) is 7.85. The number of anilines is 1. The molecule has 2 heterocycles. The monoisotopic (exact) mass is 386 g/mol. The van der Waals surface area contributed by atoms with E-state index in [2.05, 4.69) is 4.99 Å². The molecule has 0 aliphatic carbocycles. The number of benzene rings is 1. The number of hydrogen-bond acceptors (Lipinski definition) is 4. The van der Waals surface area contributed by atoms with Crippen LogP contribution in [0.5, 0.6) is 0 Å². The molecule has 0 N–H and O–H groups in total. The molecule has 0 radical (unpaired) electrons. The number of fused-ring (bicyclic) bond motifs is 1. The molecular weight excluding hydrogens is 368 g/mol. The van der Waals surface area contributed by atoms with Gasteiger partial charge in [-0.2, -0.15) is 4.99 Å². The summed E-state index contributed by atoms with van der Waals surface area (Å²) in [4.78, 5) is 18.4. The summed E-state index contributed by atoms with van der Waals surface area (Å²) in [6.45, 7) is 3.79. The molecule has 2 aliphatic heterocycles. The van der Waals surface area contributed by atoms with Gasteiger partial charge in [0.2, 0.25) is 0 Å². The lowest BCUT2D eigenvalue weighted by atomic mass is 10.1. The number of halogens is 1. The van der Waals surface area contributed by atoms with Crippen molar-refractivity contribution in [3.05, 3.63) is 29.3 Å². The molecule has 0 spiro atoms. The minimum absolute atomic E-state index is 0.0771. The predicted molar refractivity (Wildman–Crippen MR) is 99.6 cm³/mol. The van der Waals surface area contributed by atoms with Gasteiger partial charge in [0.05, 0.1) is 17.5 Å². The summed E-state index contributed by atoms with van der Waals surface area (Å²) < 4.78 is 24.0. The molecule has 1 aromatic rings. The summed E-state index contributed by atoms with van der Waals surface area (Å²) >= 11 is 7.47. The van der Waals surface area contributed by atoms with Gasteiger partial charge in [-0.05, 0) is 24.6 Å². The Morgan fingerprint density at radius 1 is 1.46 bits per heavy atom. The first kappa shape index (κ1) is 17.8. The fourth-order valence-electron chi connectivity index (χ4n) is 2.87. The highest BCUT2D eigenvalue weighted by atomic mass is 35.5. The van der Waals surface area contributed by atoms with Gasteiger partial charge in [-0.15, -0.1) is 0 Å². The van der Waals surface area contributed by atoms with E-state index in [4.69, 9.17) is 11.6 Å². The van der Waals surface area contributed by atoms with Crippen LogP contribution in [0.3, 0.4) is 0 Å². The average molecular weight is 387 g/mol. The maximum absolute atomic E-state index is 12.2. The molecule has 1 aromatic carbocycles. The predicted octanol–water partition coefficient (Wildman–Crippen LogP) is 2.99. The Morgan fingerprint density at radius 3 is 2.88 bits per heavy atom. The lowest BCUT2D eigenvalue weighted by Gasteiger charge is -2.24. The van der Waals surface area contributed by atoms with Gasteiger partial charge >= 0.3 is 0 Å². The first-order chi connectivity index (χ1) is 11.3. The van der Waals surface area contributed by atoms with Crippen LogP contribution in [0.4, 0.5) is 5.69 Å². The molecule has 5 nitrogen and oxygen atoms in total. The molecule has 1 amide bonds. The molecule has 24 heavy (non-hydrogen) atoms. The molecule has 2 fully saturated rings. The average Bonchev–Trinajstić information content (AvgIpc) is 2.97. The van der Waals surface area contributed by atoms with Crippen molar-refractivity contribution >= 4 is 50.0 Å². The molecule has 130 valence electrons. The van der Waals surface area contributed by atoms with Gasteiger partial charge in [-0.3, -0.25) is 4.79 Å². The third-order valence-corrected chi connectivity index (χ3v) is 7.84. The topological polar surface area (TPSA) is 66.8 Å². The molecule has 2 saturated heterocycles. The van der Waals surface area contributed by atoms with Crippen LogP contribution < -0.4 is 4.90 Å². The molecule has 3 atom stereocenters. The van der Waals surface area contributed by atoms with Gasteiger partial charge in [-0.25, -0.2) is 8.42 Å². The Bertz CT molecular complexity index is 794. The number of amidine groups is 1. The Labute approximate surface area is 151 Å². The standard InChI is InChI=1S/C16H19ClN2O3S2/c1-3-10(2)15(20)18-16-19(12-6-4-5-11(17)7-12)13-8-24(21,22)9-14(13)23-16/h4-7,10,13-14H,3,8-9H2,1-2H3/t10-,13+,14+/m1/s1. The van der Waals surface area contributed by atoms with Crippen LogP contribution >= 0.6 is 23.4 Å². The number of hydrogen-bond donors (Lipinski definition) is 0. The summed E-state index contributed by atoms with van der Waals surface area (Å²) in [7, 11) is -3.06. The van der Waals surface area contributed by atoms with Crippen molar-refractivity contribution in [2.75, 3.05) is 16.4 Å². The molecule has 0 unspecified atom stereocenters. The smallest absolute Gasteiger partial charge is 0.250 e. The zero-order valence-electron chi connectivity index (χ0n) is 13.5. The van der Waals surface area contributed by atoms with Crippen LogP contribution in [-0.2, 0) is 14.6 Å². The minimum atomic E-state index is -3.06. The lowest BCUT2D eigenvalue weighted by molar-refractivity contribution is -0.121. The fourth-order valence-corrected chi connectivity index (χ4v) is 6.98. The number of carbonyl (C=O) groups is 1. The lowest BCUT2D eigenvalue weighted by Crippen LogP contribution is -2.37. The fraction of sp³-hybridized carbons (Fsp3) is 0.500. The molecule has 3 rings (SSSR count). The SMILES string of the molecule is CC[C@@H](C)C(=O)N=C1S[C@H]2CS(=O)(=O)C[C@@H]2N1c1cccc(Cl)c1. The number of carbonyl (C=O) groups excluding carboxylic acids is 1. The van der Waals surface area contributed by atoms with E-state index in [9.17, 15) is 13.2 Å². The summed E-state index contributed by atoms with van der Waals surface area (Å²) in [6, 6.07) is 7.01. The second-order valence-electron chi connectivity index (χ2n) is 6.19. The summed E-state index contributed by atoms with van der Waals surface area (Å²) in [6.07, 6.45) is 0.721. The van der Waals surface area contributed by atoms with Crippen LogP contribution in [0.2, 0.25) is 5.02 Å². The summed E-state index contributed by atoms with van der Waals surface area (Å²) in [5.74, 6) is -0.123. The second kappa shape index (κ2) is 6.69. The van der Waals surface area contributed by atoms with E-state index in [0.717, 1.165) is 12.1 Å². The van der Waals surface area contributed by atoms with E-state index in [-0.39, 0.29) is 34.6 Å². The highest BCUT2D eigenvalue weighted by Crippen LogP contribution is 2.41. The number of nitrogens with zero attached hydrogens (tertiary/aromatic N) is 2. The van der Waals surface area contributed by atoms with E-state index in [1.54, 1.807) is 12.1 Å². The number of aliphatic imine (C=N–C) groups is 1. The van der Waals surface area contributed by atoms with E-state index >= 15 is 0 Å². The van der Waals surface area contributed by atoms with Crippen molar-refractivity contribution in [2.24, 2.45) is 10.9 Å². The Hall–Kier alpha value is -1.05. The molecule has 0 saturated carbocycles. The van der Waals surface area contributed by atoms with Crippen molar-refractivity contribution < 1.29 is 13.2 Å². The van der Waals surface area contributed by atoms with Crippen molar-refractivity contribution in [2.45, 2.75) is 31.6 Å². The van der Waals surface area contributed by atoms with Gasteiger partial charge in [0.25, 0.3) is 5.91 Å². The van der Waals surface area contributed by atoms with Crippen molar-refractivity contribution in [1.29, 1.82) is 0 Å². The van der Waals surface area contributed by atoms with Crippen LogP contribution in [0.25, 0.3) is 0 Å². The third kappa shape index (κ3) is 3.48. The summed E-state index contributed by atoms with van der Waals surface area (Å²) in [5.41, 5.74) is 0.773. The van der Waals surface area contributed by atoms with Gasteiger partial charge in [0.1, 0.15) is 0 Å². The Morgan fingerprint density at radius 2 is 2.21 bits per heavy atom. The quantitative estimate of drug-likeness (QED) is 0.798. The highest BCUT2D eigenvalue weighted by molar-refractivity contribution is 8.16. The zero-order valence-corrected chi connectivity index (χ0v) is 15.9. The molecule has 2 aliphatic rings. The Balaban J connectivity index is 2.00. The number of sulfone groups is 1. The summed E-state index contributed by atoms with van der Waals surface area (Å²) in [5, 5.41) is 1.04. The largest absolute Gasteiger partial charge is 0.316 e. The van der Waals surface area contributed by atoms with Gasteiger partial charge in [0, 0.05) is 21.9 Å². The molecular formula is C16H19ClN2O3S2. The van der Waals surface area contributed by atoms with E-state index in [0.29, 0.717) is 10.2 Å². The van der Waals surface area contributed by atoms with Gasteiger partial charge in [-0.1, -0.05) is 43.3 Å². The molecule has 0 aromatic heterocycles. The first-order valence-corrected chi connectivity index (χ1v) is 10.9. The molecule has 8 heteroatoms. The van der Waals surface area contributed by atoms with E-state index in [1.165, 1.54) is 11.8 Å². The highest BCUT2D eigenvalue weighted by Gasteiger charge is 2.49. The van der Waals surface area contributed by atoms with Crippen LogP contribution in [0, 0.1) is 5.92 Å². The zero-order chi connectivity index (χ0) is 17.5. The maximum Gasteiger partial charge on any atom is 0.250 e. The minimum Gasteiger partial charge on any atom is -0.316 e. The maximum atomic E-state index is 12.2. The van der Waals surface area contributed by atoms with E-state index < -0.39 is 9.84 Å². The number of thioether (sulfide) groups is 1. The second-order valence-corrected chi connectivity index (χ2v) is 9.99. The van der Waals surface area contributed by atoms with Crippen LogP contribution in [0.1, 0.15) is 20.3 Å². The Kier molecular flexibility index (Phi) is 4.95.